The van der Waals surface area contributed by atoms with Crippen LogP contribution in [0.1, 0.15) is 21.5 Å². The van der Waals surface area contributed by atoms with Crippen molar-refractivity contribution in [3.05, 3.63) is 63.9 Å². The van der Waals surface area contributed by atoms with Crippen LogP contribution in [-0.4, -0.2) is 11.1 Å². The molecule has 0 saturated carbocycles. The van der Waals surface area contributed by atoms with Gasteiger partial charge in [0.05, 0.1) is 5.56 Å². The minimum atomic E-state index is -1.29. The lowest BCUT2D eigenvalue weighted by Crippen LogP contribution is -2.03. The van der Waals surface area contributed by atoms with Gasteiger partial charge in [-0.2, -0.15) is 0 Å². The summed E-state index contributed by atoms with van der Waals surface area (Å²) in [5.41, 5.74) is 1.11. The van der Waals surface area contributed by atoms with Crippen LogP contribution in [0, 0.1) is 12.7 Å². The number of aryl methyl sites for hydroxylation is 1. The van der Waals surface area contributed by atoms with Crippen molar-refractivity contribution in [2.75, 3.05) is 0 Å². The Bertz CT molecular complexity index is 656. The van der Waals surface area contributed by atoms with Crippen molar-refractivity contribution in [1.29, 1.82) is 0 Å². The number of ether oxygens (including phenoxy) is 1. The van der Waals surface area contributed by atoms with E-state index in [1.54, 1.807) is 12.1 Å². The van der Waals surface area contributed by atoms with Crippen molar-refractivity contribution in [2.24, 2.45) is 0 Å². The standard InChI is InChI=1S/C15H12ClFO3/c1-9-2-4-11(16)7-14(9)20-8-10-3-5-12(15(18)19)13(17)6-10/h2-7H,8H2,1H3,(H,18,19). The molecule has 0 aliphatic rings. The summed E-state index contributed by atoms with van der Waals surface area (Å²) < 4.78 is 19.1. The van der Waals surface area contributed by atoms with Gasteiger partial charge in [0, 0.05) is 5.02 Å². The molecule has 0 bridgehead atoms. The SMILES string of the molecule is Cc1ccc(Cl)cc1OCc1ccc(C(=O)O)c(F)c1. The van der Waals surface area contributed by atoms with E-state index in [2.05, 4.69) is 0 Å². The molecule has 0 spiro atoms. The summed E-state index contributed by atoms with van der Waals surface area (Å²) in [6, 6.07) is 9.16. The molecule has 20 heavy (non-hydrogen) atoms. The van der Waals surface area contributed by atoms with Gasteiger partial charge < -0.3 is 9.84 Å². The Morgan fingerprint density at radius 3 is 2.70 bits per heavy atom. The summed E-state index contributed by atoms with van der Waals surface area (Å²) in [7, 11) is 0. The highest BCUT2D eigenvalue weighted by Crippen LogP contribution is 2.23. The number of hydrogen-bond acceptors (Lipinski definition) is 2. The van der Waals surface area contributed by atoms with Gasteiger partial charge in [-0.25, -0.2) is 9.18 Å². The van der Waals surface area contributed by atoms with Gasteiger partial charge >= 0.3 is 5.97 Å². The molecular formula is C15H12ClFO3. The molecule has 2 aromatic carbocycles. The molecule has 0 radical (unpaired) electrons. The van der Waals surface area contributed by atoms with Gasteiger partial charge in [-0.15, -0.1) is 0 Å². The smallest absolute Gasteiger partial charge is 0.338 e. The molecule has 0 fully saturated rings. The highest BCUT2D eigenvalue weighted by Gasteiger charge is 2.10. The van der Waals surface area contributed by atoms with Gasteiger partial charge in [0.2, 0.25) is 0 Å². The third-order valence-electron chi connectivity index (χ3n) is 2.81. The van der Waals surface area contributed by atoms with Crippen LogP contribution in [0.4, 0.5) is 4.39 Å². The molecule has 0 saturated heterocycles. The average molecular weight is 295 g/mol. The summed E-state index contributed by atoms with van der Waals surface area (Å²) in [6.45, 7) is 2.01. The Hall–Kier alpha value is -2.07. The molecule has 3 nitrogen and oxygen atoms in total. The summed E-state index contributed by atoms with van der Waals surface area (Å²) in [6.07, 6.45) is 0. The first-order valence-electron chi connectivity index (χ1n) is 5.88. The van der Waals surface area contributed by atoms with E-state index in [9.17, 15) is 9.18 Å². The maximum absolute atomic E-state index is 13.5. The first-order valence-corrected chi connectivity index (χ1v) is 6.26. The van der Waals surface area contributed by atoms with Gasteiger partial charge in [0.15, 0.2) is 0 Å². The highest BCUT2D eigenvalue weighted by atomic mass is 35.5. The van der Waals surface area contributed by atoms with Crippen molar-refractivity contribution < 1.29 is 19.0 Å². The van der Waals surface area contributed by atoms with Crippen molar-refractivity contribution >= 4 is 17.6 Å². The third-order valence-corrected chi connectivity index (χ3v) is 3.04. The largest absolute Gasteiger partial charge is 0.489 e. The lowest BCUT2D eigenvalue weighted by atomic mass is 10.1. The zero-order valence-corrected chi connectivity index (χ0v) is 11.4. The molecule has 104 valence electrons. The minimum Gasteiger partial charge on any atom is -0.489 e. The van der Waals surface area contributed by atoms with E-state index in [1.807, 2.05) is 13.0 Å². The number of halogens is 2. The van der Waals surface area contributed by atoms with Crippen LogP contribution in [0.3, 0.4) is 0 Å². The predicted molar refractivity (Wildman–Crippen MR) is 73.9 cm³/mol. The molecule has 1 N–H and O–H groups in total. The molecule has 0 heterocycles. The van der Waals surface area contributed by atoms with Crippen molar-refractivity contribution in [1.82, 2.24) is 0 Å². The summed E-state index contributed by atoms with van der Waals surface area (Å²) >= 11 is 5.87. The molecule has 2 aromatic rings. The van der Waals surface area contributed by atoms with Crippen LogP contribution in [0.2, 0.25) is 5.02 Å². The first kappa shape index (κ1) is 14.3. The molecule has 0 atom stereocenters. The number of aromatic carboxylic acids is 1. The van der Waals surface area contributed by atoms with Crippen LogP contribution in [0.15, 0.2) is 36.4 Å². The van der Waals surface area contributed by atoms with E-state index in [1.165, 1.54) is 12.1 Å². The lowest BCUT2D eigenvalue weighted by Gasteiger charge is -2.10. The second kappa shape index (κ2) is 5.92. The molecule has 0 aromatic heterocycles. The van der Waals surface area contributed by atoms with Crippen molar-refractivity contribution in [3.63, 3.8) is 0 Å². The maximum atomic E-state index is 13.5. The monoisotopic (exact) mass is 294 g/mol. The summed E-state index contributed by atoms with van der Waals surface area (Å²) in [5, 5.41) is 9.30. The molecule has 5 heteroatoms. The Morgan fingerprint density at radius 1 is 1.30 bits per heavy atom. The number of carboxylic acids is 1. The van der Waals surface area contributed by atoms with E-state index >= 15 is 0 Å². The fourth-order valence-electron chi connectivity index (χ4n) is 1.71. The second-order valence-corrected chi connectivity index (χ2v) is 4.75. The fraction of sp³-hybridized carbons (Fsp3) is 0.133. The normalized spacial score (nSPS) is 10.3. The van der Waals surface area contributed by atoms with E-state index in [0.717, 1.165) is 11.6 Å². The topological polar surface area (TPSA) is 46.5 Å². The van der Waals surface area contributed by atoms with E-state index in [4.69, 9.17) is 21.4 Å². The van der Waals surface area contributed by atoms with Crippen LogP contribution in [-0.2, 0) is 6.61 Å². The molecule has 0 amide bonds. The summed E-state index contributed by atoms with van der Waals surface area (Å²) in [4.78, 5) is 10.7. The van der Waals surface area contributed by atoms with Crippen LogP contribution in [0.25, 0.3) is 0 Å². The number of rotatable bonds is 4. The first-order chi connectivity index (χ1) is 9.47. The van der Waals surface area contributed by atoms with E-state index < -0.39 is 11.8 Å². The van der Waals surface area contributed by atoms with Crippen LogP contribution < -0.4 is 4.74 Å². The molecule has 2 rings (SSSR count). The van der Waals surface area contributed by atoms with E-state index in [-0.39, 0.29) is 12.2 Å². The molecule has 0 aliphatic heterocycles. The second-order valence-electron chi connectivity index (χ2n) is 4.32. The summed E-state index contributed by atoms with van der Waals surface area (Å²) in [5.74, 6) is -1.46. The number of benzene rings is 2. The van der Waals surface area contributed by atoms with Gasteiger partial charge in [-0.1, -0.05) is 23.7 Å². The van der Waals surface area contributed by atoms with Gasteiger partial charge in [-0.3, -0.25) is 0 Å². The Morgan fingerprint density at radius 2 is 2.05 bits per heavy atom. The molecular weight excluding hydrogens is 283 g/mol. The number of carboxylic acid groups (broad SMARTS) is 1. The van der Waals surface area contributed by atoms with Gasteiger partial charge in [-0.05, 0) is 42.3 Å². The van der Waals surface area contributed by atoms with Gasteiger partial charge in [0.25, 0.3) is 0 Å². The Kier molecular flexibility index (Phi) is 4.25. The van der Waals surface area contributed by atoms with Crippen molar-refractivity contribution in [2.45, 2.75) is 13.5 Å². The predicted octanol–water partition coefficient (Wildman–Crippen LogP) is 4.06. The quantitative estimate of drug-likeness (QED) is 0.925. The minimum absolute atomic E-state index is 0.137. The Balaban J connectivity index is 2.13. The van der Waals surface area contributed by atoms with Gasteiger partial charge in [0.1, 0.15) is 18.2 Å². The number of carbonyl (C=O) groups is 1. The number of hydrogen-bond donors (Lipinski definition) is 1. The third kappa shape index (κ3) is 3.27. The maximum Gasteiger partial charge on any atom is 0.338 e. The van der Waals surface area contributed by atoms with Crippen LogP contribution in [0.5, 0.6) is 5.75 Å². The van der Waals surface area contributed by atoms with Crippen LogP contribution >= 0.6 is 11.6 Å². The highest BCUT2D eigenvalue weighted by molar-refractivity contribution is 6.30. The zero-order chi connectivity index (χ0) is 14.7. The molecule has 0 aliphatic carbocycles. The lowest BCUT2D eigenvalue weighted by molar-refractivity contribution is 0.0692. The van der Waals surface area contributed by atoms with E-state index in [0.29, 0.717) is 16.3 Å². The molecule has 0 unspecified atom stereocenters. The Labute approximate surface area is 120 Å². The average Bonchev–Trinajstić information content (AvgIpc) is 2.39. The zero-order valence-electron chi connectivity index (χ0n) is 10.7. The van der Waals surface area contributed by atoms with Crippen molar-refractivity contribution in [3.8, 4) is 5.75 Å². The fourth-order valence-corrected chi connectivity index (χ4v) is 1.87.